The number of alkyl halides is 2. The number of halogens is 2. The molecular formula is C8H15F2NO2. The molecule has 3 nitrogen and oxygen atoms in total. The number of carbonyl (C=O) groups is 1. The van der Waals surface area contributed by atoms with Crippen molar-refractivity contribution in [3.8, 4) is 0 Å². The summed E-state index contributed by atoms with van der Waals surface area (Å²) < 4.78 is 24.5. The van der Waals surface area contributed by atoms with Crippen molar-refractivity contribution in [1.82, 2.24) is 5.32 Å². The maximum atomic E-state index is 12.3. The first-order chi connectivity index (χ1) is 5.81. The highest BCUT2D eigenvalue weighted by atomic mass is 19.3. The Morgan fingerprint density at radius 2 is 2.15 bits per heavy atom. The van der Waals surface area contributed by atoms with Crippen LogP contribution in [0, 0.1) is 5.92 Å². The van der Waals surface area contributed by atoms with E-state index in [0.717, 1.165) is 6.92 Å². The van der Waals surface area contributed by atoms with E-state index in [-0.39, 0.29) is 12.3 Å². The van der Waals surface area contributed by atoms with Gasteiger partial charge in [0.25, 0.3) is 5.92 Å². The Morgan fingerprint density at radius 1 is 1.62 bits per heavy atom. The third-order valence-electron chi connectivity index (χ3n) is 1.45. The van der Waals surface area contributed by atoms with Crippen molar-refractivity contribution in [2.24, 2.45) is 5.92 Å². The maximum absolute atomic E-state index is 12.3. The third kappa shape index (κ3) is 9.20. The fraction of sp³-hybridized carbons (Fsp3) is 0.875. The highest BCUT2D eigenvalue weighted by molar-refractivity contribution is 5.66. The average molecular weight is 195 g/mol. The van der Waals surface area contributed by atoms with Crippen LogP contribution in [-0.2, 0) is 4.79 Å². The Bertz CT molecular complexity index is 168. The van der Waals surface area contributed by atoms with Gasteiger partial charge in [-0.05, 0) is 12.5 Å². The molecule has 0 aromatic rings. The quantitative estimate of drug-likeness (QED) is 0.672. The minimum Gasteiger partial charge on any atom is -0.481 e. The second-order valence-electron chi connectivity index (χ2n) is 3.40. The summed E-state index contributed by atoms with van der Waals surface area (Å²) in [5.41, 5.74) is 0. The molecule has 0 bridgehead atoms. The summed E-state index contributed by atoms with van der Waals surface area (Å²) in [6.45, 7) is 2.42. The van der Waals surface area contributed by atoms with Crippen LogP contribution in [0.2, 0.25) is 0 Å². The SMILES string of the molecule is CC(CNCC(C)(F)F)CC(=O)O. The van der Waals surface area contributed by atoms with E-state index < -0.39 is 18.4 Å². The summed E-state index contributed by atoms with van der Waals surface area (Å²) in [5, 5.41) is 10.9. The normalized spacial score (nSPS) is 14.2. The summed E-state index contributed by atoms with van der Waals surface area (Å²) >= 11 is 0. The van der Waals surface area contributed by atoms with Crippen molar-refractivity contribution in [2.45, 2.75) is 26.2 Å². The second-order valence-corrected chi connectivity index (χ2v) is 3.40. The smallest absolute Gasteiger partial charge is 0.303 e. The Kier molecular flexibility index (Phi) is 4.83. The van der Waals surface area contributed by atoms with Gasteiger partial charge in [0.15, 0.2) is 0 Å². The van der Waals surface area contributed by atoms with E-state index in [2.05, 4.69) is 5.32 Å². The molecule has 5 heteroatoms. The molecule has 2 N–H and O–H groups in total. The number of carboxylic acids is 1. The van der Waals surface area contributed by atoms with Crippen LogP contribution in [-0.4, -0.2) is 30.1 Å². The standard InChI is InChI=1S/C8H15F2NO2/c1-6(3-7(12)13)4-11-5-8(2,9)10/h6,11H,3-5H2,1-2H3,(H,12,13). The average Bonchev–Trinajstić information content (AvgIpc) is 1.81. The molecule has 0 heterocycles. The topological polar surface area (TPSA) is 49.3 Å². The van der Waals surface area contributed by atoms with Gasteiger partial charge in [0.1, 0.15) is 0 Å². The van der Waals surface area contributed by atoms with Crippen molar-refractivity contribution in [3.05, 3.63) is 0 Å². The number of hydrogen-bond acceptors (Lipinski definition) is 2. The summed E-state index contributed by atoms with van der Waals surface area (Å²) in [4.78, 5) is 10.2. The van der Waals surface area contributed by atoms with Crippen LogP contribution >= 0.6 is 0 Å². The van der Waals surface area contributed by atoms with Crippen LogP contribution in [0.5, 0.6) is 0 Å². The molecule has 78 valence electrons. The van der Waals surface area contributed by atoms with Crippen molar-refractivity contribution in [3.63, 3.8) is 0 Å². The van der Waals surface area contributed by atoms with Gasteiger partial charge in [0.05, 0.1) is 6.54 Å². The van der Waals surface area contributed by atoms with E-state index in [4.69, 9.17) is 5.11 Å². The summed E-state index contributed by atoms with van der Waals surface area (Å²) in [6, 6.07) is 0. The second kappa shape index (κ2) is 5.11. The molecule has 0 saturated carbocycles. The van der Waals surface area contributed by atoms with Crippen molar-refractivity contribution in [2.75, 3.05) is 13.1 Å². The molecule has 0 rings (SSSR count). The molecule has 0 saturated heterocycles. The fourth-order valence-corrected chi connectivity index (χ4v) is 0.908. The van der Waals surface area contributed by atoms with Crippen LogP contribution in [0.3, 0.4) is 0 Å². The fourth-order valence-electron chi connectivity index (χ4n) is 0.908. The minimum absolute atomic E-state index is 0.00227. The first-order valence-corrected chi connectivity index (χ1v) is 4.11. The summed E-state index contributed by atoms with van der Waals surface area (Å²) in [5.74, 6) is -3.76. The molecule has 0 radical (unpaired) electrons. The van der Waals surface area contributed by atoms with Gasteiger partial charge in [-0.1, -0.05) is 6.92 Å². The Hall–Kier alpha value is -0.710. The van der Waals surface area contributed by atoms with E-state index in [1.165, 1.54) is 0 Å². The molecule has 0 fully saturated rings. The van der Waals surface area contributed by atoms with Gasteiger partial charge in [0, 0.05) is 13.3 Å². The molecular weight excluding hydrogens is 180 g/mol. The lowest BCUT2D eigenvalue weighted by atomic mass is 10.1. The number of hydrogen-bond donors (Lipinski definition) is 2. The highest BCUT2D eigenvalue weighted by Gasteiger charge is 2.20. The number of nitrogens with one attached hydrogen (secondary N) is 1. The van der Waals surface area contributed by atoms with Gasteiger partial charge < -0.3 is 10.4 Å². The zero-order valence-electron chi connectivity index (χ0n) is 7.81. The molecule has 0 aromatic carbocycles. The predicted octanol–water partition coefficient (Wildman–Crippen LogP) is 1.34. The van der Waals surface area contributed by atoms with E-state index >= 15 is 0 Å². The lowest BCUT2D eigenvalue weighted by Crippen LogP contribution is -2.33. The number of aliphatic carboxylic acids is 1. The van der Waals surface area contributed by atoms with Crippen molar-refractivity contribution in [1.29, 1.82) is 0 Å². The van der Waals surface area contributed by atoms with E-state index in [9.17, 15) is 13.6 Å². The van der Waals surface area contributed by atoms with Crippen molar-refractivity contribution >= 4 is 5.97 Å². The Morgan fingerprint density at radius 3 is 2.54 bits per heavy atom. The summed E-state index contributed by atoms with van der Waals surface area (Å²) in [6.07, 6.45) is 0.00227. The lowest BCUT2D eigenvalue weighted by Gasteiger charge is -2.13. The first kappa shape index (κ1) is 12.3. The molecule has 0 spiro atoms. The zero-order chi connectivity index (χ0) is 10.5. The summed E-state index contributed by atoms with van der Waals surface area (Å²) in [7, 11) is 0. The monoisotopic (exact) mass is 195 g/mol. The molecule has 1 unspecified atom stereocenters. The molecule has 0 amide bonds. The maximum Gasteiger partial charge on any atom is 0.303 e. The van der Waals surface area contributed by atoms with Gasteiger partial charge in [0.2, 0.25) is 0 Å². The van der Waals surface area contributed by atoms with E-state index in [1.54, 1.807) is 6.92 Å². The largest absolute Gasteiger partial charge is 0.481 e. The van der Waals surface area contributed by atoms with Crippen molar-refractivity contribution < 1.29 is 18.7 Å². The molecule has 0 aliphatic rings. The Labute approximate surface area is 76.1 Å². The van der Waals surface area contributed by atoms with Gasteiger partial charge in [-0.25, -0.2) is 8.78 Å². The predicted molar refractivity (Wildman–Crippen MR) is 44.9 cm³/mol. The van der Waals surface area contributed by atoms with Crippen LogP contribution in [0.25, 0.3) is 0 Å². The van der Waals surface area contributed by atoms with E-state index in [0.29, 0.717) is 6.54 Å². The van der Waals surface area contributed by atoms with Crippen LogP contribution in [0.4, 0.5) is 8.78 Å². The molecule has 0 aliphatic heterocycles. The number of carboxylic acid groups (broad SMARTS) is 1. The van der Waals surface area contributed by atoms with Crippen LogP contribution in [0.1, 0.15) is 20.3 Å². The van der Waals surface area contributed by atoms with Gasteiger partial charge in [-0.2, -0.15) is 0 Å². The molecule has 0 aliphatic carbocycles. The van der Waals surface area contributed by atoms with Gasteiger partial charge >= 0.3 is 5.97 Å². The van der Waals surface area contributed by atoms with Gasteiger partial charge in [-0.15, -0.1) is 0 Å². The molecule has 0 aromatic heterocycles. The number of rotatable bonds is 6. The molecule has 13 heavy (non-hydrogen) atoms. The first-order valence-electron chi connectivity index (χ1n) is 4.11. The third-order valence-corrected chi connectivity index (χ3v) is 1.45. The van der Waals surface area contributed by atoms with Crippen LogP contribution in [0.15, 0.2) is 0 Å². The van der Waals surface area contributed by atoms with Gasteiger partial charge in [-0.3, -0.25) is 4.79 Å². The Balaban J connectivity index is 3.48. The molecule has 1 atom stereocenters. The van der Waals surface area contributed by atoms with Crippen LogP contribution < -0.4 is 5.32 Å². The zero-order valence-corrected chi connectivity index (χ0v) is 7.81. The lowest BCUT2D eigenvalue weighted by molar-refractivity contribution is -0.137. The van der Waals surface area contributed by atoms with E-state index in [1.807, 2.05) is 0 Å². The minimum atomic E-state index is -2.73. The highest BCUT2D eigenvalue weighted by Crippen LogP contribution is 2.09.